The third-order valence-electron chi connectivity index (χ3n) is 3.22. The lowest BCUT2D eigenvalue weighted by molar-refractivity contribution is 0.0953. The van der Waals surface area contributed by atoms with Crippen LogP contribution >= 0.6 is 23.5 Å². The van der Waals surface area contributed by atoms with Gasteiger partial charge in [0.1, 0.15) is 0 Å². The van der Waals surface area contributed by atoms with E-state index in [4.69, 9.17) is 0 Å². The van der Waals surface area contributed by atoms with Crippen LogP contribution in [0.4, 0.5) is 0 Å². The number of thioether (sulfide) groups is 2. The molecule has 1 saturated heterocycles. The van der Waals surface area contributed by atoms with Crippen molar-refractivity contribution in [3.63, 3.8) is 0 Å². The van der Waals surface area contributed by atoms with E-state index in [9.17, 15) is 4.79 Å². The van der Waals surface area contributed by atoms with Crippen LogP contribution in [0.1, 0.15) is 21.5 Å². The minimum atomic E-state index is 0.0624. The van der Waals surface area contributed by atoms with Crippen molar-refractivity contribution in [1.29, 1.82) is 0 Å². The monoisotopic (exact) mass is 281 g/mol. The molecule has 1 fully saturated rings. The zero-order valence-electron chi connectivity index (χ0n) is 10.9. The summed E-state index contributed by atoms with van der Waals surface area (Å²) in [5, 5.41) is 3.63. The summed E-state index contributed by atoms with van der Waals surface area (Å²) in [6, 6.07) is 5.89. The van der Waals surface area contributed by atoms with E-state index >= 15 is 0 Å². The summed E-state index contributed by atoms with van der Waals surface area (Å²) in [5.74, 6) is 3.66. The van der Waals surface area contributed by atoms with Crippen LogP contribution in [0.2, 0.25) is 0 Å². The molecule has 0 spiro atoms. The number of rotatable bonds is 3. The molecule has 1 aliphatic rings. The Labute approximate surface area is 117 Å². The standard InChI is InChI=1S/C14H19NOS2/c1-10-4-3-5-13(11(10)2)14(16)15-8-12-9-17-6-7-18-12/h3-5,12H,6-9H2,1-2H3,(H,15,16). The van der Waals surface area contributed by atoms with Crippen molar-refractivity contribution in [2.45, 2.75) is 19.1 Å². The maximum atomic E-state index is 12.1. The van der Waals surface area contributed by atoms with Gasteiger partial charge in [-0.3, -0.25) is 4.79 Å². The quantitative estimate of drug-likeness (QED) is 0.923. The molecule has 0 aromatic heterocycles. The average molecular weight is 281 g/mol. The van der Waals surface area contributed by atoms with Gasteiger partial charge in [0.05, 0.1) is 0 Å². The Morgan fingerprint density at radius 3 is 2.94 bits per heavy atom. The Bertz CT molecular complexity index is 428. The van der Waals surface area contributed by atoms with Crippen molar-refractivity contribution >= 4 is 29.4 Å². The van der Waals surface area contributed by atoms with E-state index in [0.29, 0.717) is 5.25 Å². The van der Waals surface area contributed by atoms with Crippen LogP contribution in [0.5, 0.6) is 0 Å². The number of carbonyl (C=O) groups excluding carboxylic acids is 1. The van der Waals surface area contributed by atoms with Crippen LogP contribution in [0.15, 0.2) is 18.2 Å². The molecule has 1 atom stereocenters. The first-order valence-corrected chi connectivity index (χ1v) is 8.42. The molecule has 1 unspecified atom stereocenters. The van der Waals surface area contributed by atoms with Crippen LogP contribution in [0.25, 0.3) is 0 Å². The van der Waals surface area contributed by atoms with Gasteiger partial charge < -0.3 is 5.32 Å². The van der Waals surface area contributed by atoms with Gasteiger partial charge in [-0.25, -0.2) is 0 Å². The van der Waals surface area contributed by atoms with Crippen molar-refractivity contribution in [2.24, 2.45) is 0 Å². The maximum absolute atomic E-state index is 12.1. The molecule has 1 amide bonds. The lowest BCUT2D eigenvalue weighted by Gasteiger charge is -2.21. The first kappa shape index (κ1) is 13.8. The van der Waals surface area contributed by atoms with Crippen molar-refractivity contribution in [3.05, 3.63) is 34.9 Å². The zero-order chi connectivity index (χ0) is 13.0. The number of amides is 1. The van der Waals surface area contributed by atoms with Gasteiger partial charge in [-0.2, -0.15) is 23.5 Å². The molecule has 1 aliphatic heterocycles. The van der Waals surface area contributed by atoms with E-state index in [0.717, 1.165) is 23.4 Å². The highest BCUT2D eigenvalue weighted by Gasteiger charge is 2.16. The van der Waals surface area contributed by atoms with Gasteiger partial charge in [0, 0.05) is 34.6 Å². The summed E-state index contributed by atoms with van der Waals surface area (Å²) < 4.78 is 0. The number of carbonyl (C=O) groups is 1. The van der Waals surface area contributed by atoms with E-state index < -0.39 is 0 Å². The molecule has 18 heavy (non-hydrogen) atoms. The summed E-state index contributed by atoms with van der Waals surface area (Å²) >= 11 is 3.96. The summed E-state index contributed by atoms with van der Waals surface area (Å²) in [6.45, 7) is 4.83. The molecule has 1 heterocycles. The molecular formula is C14H19NOS2. The lowest BCUT2D eigenvalue weighted by Crippen LogP contribution is -2.33. The molecule has 1 aromatic carbocycles. The third kappa shape index (κ3) is 3.45. The molecule has 0 aliphatic carbocycles. The molecule has 0 bridgehead atoms. The fraction of sp³-hybridized carbons (Fsp3) is 0.500. The van der Waals surface area contributed by atoms with Crippen LogP contribution in [0.3, 0.4) is 0 Å². The van der Waals surface area contributed by atoms with Gasteiger partial charge in [-0.15, -0.1) is 0 Å². The highest BCUT2D eigenvalue weighted by molar-refractivity contribution is 8.06. The maximum Gasteiger partial charge on any atom is 0.251 e. The van der Waals surface area contributed by atoms with Gasteiger partial charge in [0.2, 0.25) is 0 Å². The number of nitrogens with one attached hydrogen (secondary N) is 1. The summed E-state index contributed by atoms with van der Waals surface area (Å²) in [6.07, 6.45) is 0. The van der Waals surface area contributed by atoms with Gasteiger partial charge in [0.15, 0.2) is 0 Å². The van der Waals surface area contributed by atoms with Gasteiger partial charge in [-0.05, 0) is 31.0 Å². The van der Waals surface area contributed by atoms with E-state index in [-0.39, 0.29) is 5.91 Å². The number of benzene rings is 1. The van der Waals surface area contributed by atoms with Crippen LogP contribution in [-0.4, -0.2) is 35.0 Å². The van der Waals surface area contributed by atoms with E-state index in [1.54, 1.807) is 0 Å². The number of hydrogen-bond donors (Lipinski definition) is 1. The summed E-state index contributed by atoms with van der Waals surface area (Å²) in [5.41, 5.74) is 3.06. The van der Waals surface area contributed by atoms with Gasteiger partial charge in [0.25, 0.3) is 5.91 Å². The van der Waals surface area contributed by atoms with Crippen molar-refractivity contribution in [3.8, 4) is 0 Å². The fourth-order valence-electron chi connectivity index (χ4n) is 1.95. The van der Waals surface area contributed by atoms with E-state index in [1.165, 1.54) is 17.1 Å². The molecule has 4 heteroatoms. The van der Waals surface area contributed by atoms with Crippen molar-refractivity contribution in [2.75, 3.05) is 23.8 Å². The predicted molar refractivity (Wildman–Crippen MR) is 81.8 cm³/mol. The number of hydrogen-bond acceptors (Lipinski definition) is 3. The highest BCUT2D eigenvalue weighted by atomic mass is 32.2. The molecule has 0 radical (unpaired) electrons. The zero-order valence-corrected chi connectivity index (χ0v) is 12.5. The number of aryl methyl sites for hydroxylation is 1. The SMILES string of the molecule is Cc1cccc(C(=O)NCC2CSCCS2)c1C. The molecule has 2 rings (SSSR count). The first-order chi connectivity index (χ1) is 8.68. The summed E-state index contributed by atoms with van der Waals surface area (Å²) in [4.78, 5) is 12.1. The van der Waals surface area contributed by atoms with Crippen molar-refractivity contribution < 1.29 is 4.79 Å². The van der Waals surface area contributed by atoms with Crippen LogP contribution in [-0.2, 0) is 0 Å². The topological polar surface area (TPSA) is 29.1 Å². The molecule has 1 N–H and O–H groups in total. The predicted octanol–water partition coefficient (Wildman–Crippen LogP) is 2.88. The second kappa shape index (κ2) is 6.53. The normalized spacial score (nSPS) is 19.6. The van der Waals surface area contributed by atoms with E-state index in [2.05, 4.69) is 5.32 Å². The molecule has 0 saturated carbocycles. The minimum absolute atomic E-state index is 0.0624. The molecular weight excluding hydrogens is 262 g/mol. The summed E-state index contributed by atoms with van der Waals surface area (Å²) in [7, 11) is 0. The Kier molecular flexibility index (Phi) is 5.01. The van der Waals surface area contributed by atoms with E-state index in [1.807, 2.05) is 55.6 Å². The highest BCUT2D eigenvalue weighted by Crippen LogP contribution is 2.23. The van der Waals surface area contributed by atoms with Gasteiger partial charge in [-0.1, -0.05) is 12.1 Å². The second-order valence-electron chi connectivity index (χ2n) is 4.53. The Morgan fingerprint density at radius 1 is 1.39 bits per heavy atom. The first-order valence-electron chi connectivity index (χ1n) is 6.22. The molecule has 2 nitrogen and oxygen atoms in total. The lowest BCUT2D eigenvalue weighted by atomic mass is 10.0. The van der Waals surface area contributed by atoms with Gasteiger partial charge >= 0.3 is 0 Å². The third-order valence-corrected chi connectivity index (χ3v) is 6.07. The average Bonchev–Trinajstić information content (AvgIpc) is 2.40. The minimum Gasteiger partial charge on any atom is -0.351 e. The van der Waals surface area contributed by atoms with Crippen molar-refractivity contribution in [1.82, 2.24) is 5.32 Å². The Balaban J connectivity index is 1.93. The van der Waals surface area contributed by atoms with Crippen LogP contribution < -0.4 is 5.32 Å². The Morgan fingerprint density at radius 2 is 2.22 bits per heavy atom. The molecule has 98 valence electrons. The van der Waals surface area contributed by atoms with Crippen LogP contribution in [0, 0.1) is 13.8 Å². The molecule has 1 aromatic rings. The Hall–Kier alpha value is -0.610. The smallest absolute Gasteiger partial charge is 0.251 e. The fourth-order valence-corrected chi connectivity index (χ4v) is 4.57. The largest absolute Gasteiger partial charge is 0.351 e. The second-order valence-corrected chi connectivity index (χ2v) is 7.08.